The van der Waals surface area contributed by atoms with Crippen molar-refractivity contribution in [3.05, 3.63) is 34.1 Å². The SMILES string of the molecule is CCCC(C)Oc1cc(F)cc([N+](=O)[O-])c1. The topological polar surface area (TPSA) is 52.4 Å². The maximum atomic E-state index is 13.0. The summed E-state index contributed by atoms with van der Waals surface area (Å²) in [5.41, 5.74) is -0.293. The molecule has 0 spiro atoms. The summed E-state index contributed by atoms with van der Waals surface area (Å²) in [5, 5.41) is 10.5. The molecule has 4 nitrogen and oxygen atoms in total. The van der Waals surface area contributed by atoms with Gasteiger partial charge in [-0.15, -0.1) is 0 Å². The standard InChI is InChI=1S/C11H14FNO3/c1-3-4-8(2)16-11-6-9(12)5-10(7-11)13(14)15/h5-8H,3-4H2,1-2H3. The summed E-state index contributed by atoms with van der Waals surface area (Å²) in [5.74, 6) is -0.458. The fourth-order valence-corrected chi connectivity index (χ4v) is 1.42. The van der Waals surface area contributed by atoms with Gasteiger partial charge in [-0.1, -0.05) is 13.3 Å². The van der Waals surface area contributed by atoms with Gasteiger partial charge in [0.25, 0.3) is 5.69 Å². The summed E-state index contributed by atoms with van der Waals surface area (Å²) in [6.45, 7) is 3.86. The molecule has 0 radical (unpaired) electrons. The molecule has 0 aliphatic carbocycles. The van der Waals surface area contributed by atoms with Crippen LogP contribution in [-0.2, 0) is 0 Å². The van der Waals surface area contributed by atoms with E-state index in [1.165, 1.54) is 6.07 Å². The number of hydrogen-bond donors (Lipinski definition) is 0. The van der Waals surface area contributed by atoms with E-state index in [1.807, 2.05) is 13.8 Å². The molecule has 0 fully saturated rings. The van der Waals surface area contributed by atoms with Crippen LogP contribution in [0.5, 0.6) is 5.75 Å². The molecule has 0 amide bonds. The molecular formula is C11H14FNO3. The van der Waals surface area contributed by atoms with Crippen molar-refractivity contribution in [2.24, 2.45) is 0 Å². The maximum absolute atomic E-state index is 13.0. The first kappa shape index (κ1) is 12.4. The van der Waals surface area contributed by atoms with Crippen molar-refractivity contribution in [3.63, 3.8) is 0 Å². The number of rotatable bonds is 5. The zero-order valence-electron chi connectivity index (χ0n) is 9.27. The highest BCUT2D eigenvalue weighted by atomic mass is 19.1. The molecule has 1 aromatic carbocycles. The van der Waals surface area contributed by atoms with Gasteiger partial charge in [0.1, 0.15) is 11.6 Å². The predicted octanol–water partition coefficient (Wildman–Crippen LogP) is 3.30. The van der Waals surface area contributed by atoms with Crippen molar-refractivity contribution in [1.29, 1.82) is 0 Å². The highest BCUT2D eigenvalue weighted by Crippen LogP contribution is 2.23. The Kier molecular flexibility index (Phi) is 4.22. The highest BCUT2D eigenvalue weighted by molar-refractivity contribution is 5.38. The predicted molar refractivity (Wildman–Crippen MR) is 58.1 cm³/mol. The highest BCUT2D eigenvalue weighted by Gasteiger charge is 2.12. The number of nitro groups is 1. The van der Waals surface area contributed by atoms with E-state index in [9.17, 15) is 14.5 Å². The fourth-order valence-electron chi connectivity index (χ4n) is 1.42. The van der Waals surface area contributed by atoms with Gasteiger partial charge < -0.3 is 4.74 Å². The summed E-state index contributed by atoms with van der Waals surface area (Å²) in [4.78, 5) is 9.86. The van der Waals surface area contributed by atoms with Crippen molar-refractivity contribution < 1.29 is 14.1 Å². The first-order chi connectivity index (χ1) is 7.52. The molecular weight excluding hydrogens is 213 g/mol. The van der Waals surface area contributed by atoms with E-state index >= 15 is 0 Å². The quantitative estimate of drug-likeness (QED) is 0.572. The summed E-state index contributed by atoms with van der Waals surface area (Å²) < 4.78 is 18.4. The van der Waals surface area contributed by atoms with Crippen LogP contribution in [0.25, 0.3) is 0 Å². The van der Waals surface area contributed by atoms with Gasteiger partial charge in [-0.25, -0.2) is 4.39 Å². The number of halogens is 1. The molecule has 0 heterocycles. The second-order valence-electron chi connectivity index (χ2n) is 3.62. The molecule has 0 saturated heterocycles. The first-order valence-corrected chi connectivity index (χ1v) is 5.14. The lowest BCUT2D eigenvalue weighted by atomic mass is 10.2. The number of benzene rings is 1. The third kappa shape index (κ3) is 3.49. The smallest absolute Gasteiger partial charge is 0.276 e. The Hall–Kier alpha value is -1.65. The van der Waals surface area contributed by atoms with Gasteiger partial charge in [0.05, 0.1) is 23.2 Å². The lowest BCUT2D eigenvalue weighted by molar-refractivity contribution is -0.385. The van der Waals surface area contributed by atoms with Gasteiger partial charge in [-0.3, -0.25) is 10.1 Å². The average molecular weight is 227 g/mol. The van der Waals surface area contributed by atoms with Crippen LogP contribution in [0, 0.1) is 15.9 Å². The van der Waals surface area contributed by atoms with Crippen LogP contribution < -0.4 is 4.74 Å². The molecule has 0 aromatic heterocycles. The lowest BCUT2D eigenvalue weighted by Gasteiger charge is -2.13. The first-order valence-electron chi connectivity index (χ1n) is 5.14. The Bertz CT molecular complexity index is 381. The number of non-ortho nitro benzene ring substituents is 1. The Morgan fingerprint density at radius 3 is 2.75 bits per heavy atom. The van der Waals surface area contributed by atoms with E-state index < -0.39 is 10.7 Å². The minimum Gasteiger partial charge on any atom is -0.490 e. The van der Waals surface area contributed by atoms with Crippen LogP contribution in [0.1, 0.15) is 26.7 Å². The molecule has 0 saturated carbocycles. The molecule has 0 N–H and O–H groups in total. The zero-order valence-corrected chi connectivity index (χ0v) is 9.27. The van der Waals surface area contributed by atoms with Crippen LogP contribution in [0.15, 0.2) is 18.2 Å². The van der Waals surface area contributed by atoms with E-state index in [0.717, 1.165) is 25.0 Å². The average Bonchev–Trinajstić information content (AvgIpc) is 2.16. The van der Waals surface area contributed by atoms with Crippen LogP contribution in [0.4, 0.5) is 10.1 Å². The Balaban J connectivity index is 2.84. The third-order valence-electron chi connectivity index (χ3n) is 2.10. The molecule has 1 unspecified atom stereocenters. The summed E-state index contributed by atoms with van der Waals surface area (Å²) in [6.07, 6.45) is 1.69. The van der Waals surface area contributed by atoms with Crippen LogP contribution in [-0.4, -0.2) is 11.0 Å². The lowest BCUT2D eigenvalue weighted by Crippen LogP contribution is -2.11. The number of nitrogens with zero attached hydrogens (tertiary/aromatic N) is 1. The van der Waals surface area contributed by atoms with Gasteiger partial charge in [-0.2, -0.15) is 0 Å². The van der Waals surface area contributed by atoms with E-state index in [1.54, 1.807) is 0 Å². The Morgan fingerprint density at radius 1 is 1.50 bits per heavy atom. The second-order valence-corrected chi connectivity index (χ2v) is 3.62. The maximum Gasteiger partial charge on any atom is 0.276 e. The van der Waals surface area contributed by atoms with Gasteiger partial charge in [-0.05, 0) is 13.3 Å². The van der Waals surface area contributed by atoms with Crippen molar-refractivity contribution in [1.82, 2.24) is 0 Å². The van der Waals surface area contributed by atoms with Crippen molar-refractivity contribution in [3.8, 4) is 5.75 Å². The van der Waals surface area contributed by atoms with Gasteiger partial charge >= 0.3 is 0 Å². The summed E-state index contributed by atoms with van der Waals surface area (Å²) in [7, 11) is 0. The number of ether oxygens (including phenoxy) is 1. The molecule has 5 heteroatoms. The van der Waals surface area contributed by atoms with Crippen LogP contribution >= 0.6 is 0 Å². The molecule has 88 valence electrons. The zero-order chi connectivity index (χ0) is 12.1. The number of hydrogen-bond acceptors (Lipinski definition) is 3. The Morgan fingerprint density at radius 2 is 2.19 bits per heavy atom. The van der Waals surface area contributed by atoms with Crippen molar-refractivity contribution in [2.75, 3.05) is 0 Å². The third-order valence-corrected chi connectivity index (χ3v) is 2.10. The van der Waals surface area contributed by atoms with E-state index in [-0.39, 0.29) is 17.5 Å². The molecule has 1 atom stereocenters. The van der Waals surface area contributed by atoms with E-state index in [2.05, 4.69) is 0 Å². The molecule has 16 heavy (non-hydrogen) atoms. The fraction of sp³-hybridized carbons (Fsp3) is 0.455. The summed E-state index contributed by atoms with van der Waals surface area (Å²) in [6, 6.07) is 3.26. The minimum atomic E-state index is -0.659. The monoisotopic (exact) mass is 227 g/mol. The Labute approximate surface area is 93.2 Å². The molecule has 1 rings (SSSR count). The molecule has 0 aliphatic heterocycles. The van der Waals surface area contributed by atoms with E-state index in [4.69, 9.17) is 4.74 Å². The minimum absolute atomic E-state index is 0.0774. The van der Waals surface area contributed by atoms with Gasteiger partial charge in [0.2, 0.25) is 0 Å². The molecule has 0 bridgehead atoms. The molecule has 0 aliphatic rings. The molecule has 1 aromatic rings. The number of nitro benzene ring substituents is 1. The van der Waals surface area contributed by atoms with Crippen LogP contribution in [0.2, 0.25) is 0 Å². The second kappa shape index (κ2) is 5.44. The summed E-state index contributed by atoms with van der Waals surface area (Å²) >= 11 is 0. The van der Waals surface area contributed by atoms with Crippen LogP contribution in [0.3, 0.4) is 0 Å². The van der Waals surface area contributed by atoms with E-state index in [0.29, 0.717) is 0 Å². The van der Waals surface area contributed by atoms with Crippen molar-refractivity contribution in [2.45, 2.75) is 32.8 Å². The van der Waals surface area contributed by atoms with Gasteiger partial charge in [0.15, 0.2) is 0 Å². The normalized spacial score (nSPS) is 12.2. The van der Waals surface area contributed by atoms with Crippen molar-refractivity contribution >= 4 is 5.69 Å². The van der Waals surface area contributed by atoms with Gasteiger partial charge in [0, 0.05) is 6.07 Å². The largest absolute Gasteiger partial charge is 0.490 e.